The summed E-state index contributed by atoms with van der Waals surface area (Å²) in [7, 11) is -3.67. The molecule has 38 heavy (non-hydrogen) atoms. The van der Waals surface area contributed by atoms with E-state index in [2.05, 4.69) is 6.07 Å². The highest BCUT2D eigenvalue weighted by Crippen LogP contribution is 2.32. The van der Waals surface area contributed by atoms with Crippen molar-refractivity contribution >= 4 is 28.0 Å². The molecule has 2 aromatic carbocycles. The fourth-order valence-electron chi connectivity index (χ4n) is 4.53. The van der Waals surface area contributed by atoms with Crippen LogP contribution in [0.5, 0.6) is 5.75 Å². The smallest absolute Gasteiger partial charge is 0.320 e. The van der Waals surface area contributed by atoms with Gasteiger partial charge in [-0.1, -0.05) is 24.3 Å². The number of hydrogen-bond acceptors (Lipinski definition) is 8. The average Bonchev–Trinajstić information content (AvgIpc) is 2.88. The molecule has 1 unspecified atom stereocenters. The third kappa shape index (κ3) is 8.93. The second-order valence-corrected chi connectivity index (χ2v) is 10.7. The van der Waals surface area contributed by atoms with Crippen LogP contribution in [-0.4, -0.2) is 86.2 Å². The van der Waals surface area contributed by atoms with Gasteiger partial charge in [0.25, 0.3) is 16.0 Å². The van der Waals surface area contributed by atoms with Gasteiger partial charge in [0.1, 0.15) is 5.75 Å². The fraction of sp³-hybridized carbons (Fsp3) is 0.444. The molecule has 1 aliphatic heterocycles. The summed E-state index contributed by atoms with van der Waals surface area (Å²) in [4.78, 5) is 41.1. The van der Waals surface area contributed by atoms with E-state index in [9.17, 15) is 22.8 Å². The van der Waals surface area contributed by atoms with Crippen molar-refractivity contribution in [3.8, 4) is 5.75 Å². The van der Waals surface area contributed by atoms with Crippen molar-refractivity contribution in [1.29, 1.82) is 0 Å². The van der Waals surface area contributed by atoms with Crippen LogP contribution < -0.4 is 4.74 Å². The van der Waals surface area contributed by atoms with Crippen molar-refractivity contribution in [2.24, 2.45) is 0 Å². The SMILES string of the molecule is CCOC(=O)CN1CCN(C(=O)c2ccc(OC(=O)C3CCCc4ccccc43)cc2)CC1.CS(=O)(=O)O. The molecule has 4 rings (SSSR count). The third-order valence-electron chi connectivity index (χ3n) is 6.29. The molecule has 0 saturated carbocycles. The van der Waals surface area contributed by atoms with E-state index < -0.39 is 10.1 Å². The number of piperazine rings is 1. The summed E-state index contributed by atoms with van der Waals surface area (Å²) in [5.41, 5.74) is 2.83. The average molecular weight is 547 g/mol. The maximum absolute atomic E-state index is 12.9. The quantitative estimate of drug-likeness (QED) is 0.330. The van der Waals surface area contributed by atoms with E-state index in [1.165, 1.54) is 5.56 Å². The van der Waals surface area contributed by atoms with Crippen LogP contribution in [0.3, 0.4) is 0 Å². The molecule has 1 amide bonds. The second-order valence-electron chi connectivity index (χ2n) is 9.20. The van der Waals surface area contributed by atoms with E-state index in [1.54, 1.807) is 36.1 Å². The summed E-state index contributed by atoms with van der Waals surface area (Å²) in [5.74, 6) is -0.357. The van der Waals surface area contributed by atoms with Crippen LogP contribution in [0.15, 0.2) is 48.5 Å². The number of hydrogen-bond donors (Lipinski definition) is 1. The highest BCUT2D eigenvalue weighted by atomic mass is 32.2. The molecule has 2 aliphatic rings. The fourth-order valence-corrected chi connectivity index (χ4v) is 4.53. The number of benzene rings is 2. The number of esters is 2. The van der Waals surface area contributed by atoms with E-state index in [4.69, 9.17) is 14.0 Å². The van der Waals surface area contributed by atoms with Gasteiger partial charge in [-0.3, -0.25) is 23.8 Å². The van der Waals surface area contributed by atoms with Gasteiger partial charge < -0.3 is 14.4 Å². The van der Waals surface area contributed by atoms with Crippen molar-refractivity contribution < 1.29 is 36.8 Å². The molecule has 1 heterocycles. The Labute approximate surface area is 223 Å². The molecule has 0 radical (unpaired) electrons. The normalized spacial score (nSPS) is 17.4. The number of carbonyl (C=O) groups is 3. The minimum absolute atomic E-state index is 0.0649. The van der Waals surface area contributed by atoms with Crippen molar-refractivity contribution in [1.82, 2.24) is 9.80 Å². The standard InChI is InChI=1S/C26H30N2O5.CH4O3S/c1-2-32-24(29)18-27-14-16-28(17-15-27)25(30)20-10-12-21(13-11-20)33-26(31)23-9-5-7-19-6-3-4-8-22(19)23;1-5(2,3)4/h3-4,6,8,10-13,23H,2,5,7,9,14-18H2,1H3;1H3,(H,2,3,4). The van der Waals surface area contributed by atoms with Crippen LogP contribution in [0, 0.1) is 0 Å². The summed E-state index contributed by atoms with van der Waals surface area (Å²) in [5, 5.41) is 0. The first kappa shape index (κ1) is 29.3. The lowest BCUT2D eigenvalue weighted by Crippen LogP contribution is -2.50. The van der Waals surface area contributed by atoms with Crippen molar-refractivity contribution in [3.63, 3.8) is 0 Å². The summed E-state index contributed by atoms with van der Waals surface area (Å²) in [6.07, 6.45) is 3.46. The number of amides is 1. The van der Waals surface area contributed by atoms with Crippen LogP contribution in [0.25, 0.3) is 0 Å². The van der Waals surface area contributed by atoms with E-state index in [-0.39, 0.29) is 30.3 Å². The third-order valence-corrected chi connectivity index (χ3v) is 6.29. The first-order valence-electron chi connectivity index (χ1n) is 12.5. The summed E-state index contributed by atoms with van der Waals surface area (Å²) in [6, 6.07) is 14.8. The number of aryl methyl sites for hydroxylation is 1. The van der Waals surface area contributed by atoms with E-state index in [1.807, 2.05) is 23.1 Å². The molecule has 206 valence electrons. The number of rotatable bonds is 6. The van der Waals surface area contributed by atoms with E-state index in [0.29, 0.717) is 50.4 Å². The van der Waals surface area contributed by atoms with Crippen molar-refractivity contribution in [3.05, 3.63) is 65.2 Å². The van der Waals surface area contributed by atoms with Crippen LogP contribution in [-0.2, 0) is 30.9 Å². The Kier molecular flexibility index (Phi) is 10.4. The first-order chi connectivity index (χ1) is 18.0. The van der Waals surface area contributed by atoms with E-state index in [0.717, 1.165) is 24.8 Å². The lowest BCUT2D eigenvalue weighted by Gasteiger charge is -2.34. The van der Waals surface area contributed by atoms with E-state index >= 15 is 0 Å². The number of nitrogens with zero attached hydrogens (tertiary/aromatic N) is 2. The van der Waals surface area contributed by atoms with Gasteiger partial charge in [0.15, 0.2) is 0 Å². The maximum Gasteiger partial charge on any atom is 0.320 e. The summed E-state index contributed by atoms with van der Waals surface area (Å²) in [6.45, 7) is 4.77. The first-order valence-corrected chi connectivity index (χ1v) is 14.4. The number of carbonyl (C=O) groups excluding carboxylic acids is 3. The monoisotopic (exact) mass is 546 g/mol. The number of fused-ring (bicyclic) bond motifs is 1. The summed E-state index contributed by atoms with van der Waals surface area (Å²) >= 11 is 0. The Morgan fingerprint density at radius 3 is 2.26 bits per heavy atom. The molecular weight excluding hydrogens is 512 g/mol. The van der Waals surface area contributed by atoms with Crippen LogP contribution >= 0.6 is 0 Å². The molecule has 1 N–H and O–H groups in total. The molecule has 10 nitrogen and oxygen atoms in total. The largest absolute Gasteiger partial charge is 0.465 e. The molecule has 1 aliphatic carbocycles. The molecule has 2 aromatic rings. The van der Waals surface area contributed by atoms with Crippen LogP contribution in [0.4, 0.5) is 0 Å². The Morgan fingerprint density at radius 1 is 1.00 bits per heavy atom. The van der Waals surface area contributed by atoms with Crippen molar-refractivity contribution in [2.75, 3.05) is 45.6 Å². The summed E-state index contributed by atoms with van der Waals surface area (Å²) < 4.78 is 36.5. The van der Waals surface area contributed by atoms with Gasteiger partial charge in [-0.2, -0.15) is 8.42 Å². The predicted octanol–water partition coefficient (Wildman–Crippen LogP) is 2.54. The molecule has 11 heteroatoms. The lowest BCUT2D eigenvalue weighted by molar-refractivity contribution is -0.144. The molecular formula is C27H34N2O8S. The minimum atomic E-state index is -3.67. The van der Waals surface area contributed by atoms with Gasteiger partial charge >= 0.3 is 11.9 Å². The molecule has 0 spiro atoms. The molecule has 1 saturated heterocycles. The van der Waals surface area contributed by atoms with Gasteiger partial charge in [0.05, 0.1) is 25.3 Å². The van der Waals surface area contributed by atoms with Gasteiger partial charge in [-0.25, -0.2) is 0 Å². The van der Waals surface area contributed by atoms with Gasteiger partial charge in [-0.05, 0) is 61.6 Å². The maximum atomic E-state index is 12.9. The molecule has 0 bridgehead atoms. The Balaban J connectivity index is 0.000000732. The molecule has 1 atom stereocenters. The Hall–Kier alpha value is -3.28. The van der Waals surface area contributed by atoms with Gasteiger partial charge in [-0.15, -0.1) is 0 Å². The molecule has 0 aromatic heterocycles. The highest BCUT2D eigenvalue weighted by Gasteiger charge is 2.28. The van der Waals surface area contributed by atoms with Gasteiger partial charge in [0.2, 0.25) is 0 Å². The van der Waals surface area contributed by atoms with Crippen LogP contribution in [0.1, 0.15) is 47.2 Å². The second kappa shape index (κ2) is 13.5. The lowest BCUT2D eigenvalue weighted by atomic mass is 9.83. The topological polar surface area (TPSA) is 131 Å². The van der Waals surface area contributed by atoms with Gasteiger partial charge in [0, 0.05) is 31.7 Å². The number of ether oxygens (including phenoxy) is 2. The zero-order valence-corrected chi connectivity index (χ0v) is 22.5. The highest BCUT2D eigenvalue weighted by molar-refractivity contribution is 7.85. The zero-order chi connectivity index (χ0) is 27.7. The minimum Gasteiger partial charge on any atom is -0.465 e. The Bertz CT molecular complexity index is 1210. The Morgan fingerprint density at radius 2 is 1.63 bits per heavy atom. The van der Waals surface area contributed by atoms with Crippen LogP contribution in [0.2, 0.25) is 0 Å². The molecule has 1 fully saturated rings. The predicted molar refractivity (Wildman–Crippen MR) is 141 cm³/mol. The van der Waals surface area contributed by atoms with Crippen molar-refractivity contribution in [2.45, 2.75) is 32.1 Å². The zero-order valence-electron chi connectivity index (χ0n) is 21.7.